The third-order valence-electron chi connectivity index (χ3n) is 3.00. The lowest BCUT2D eigenvalue weighted by Crippen LogP contribution is -2.44. The molecule has 1 N–H and O–H groups in total. The predicted octanol–water partition coefficient (Wildman–Crippen LogP) is 1.18. The van der Waals surface area contributed by atoms with Gasteiger partial charge in [-0.1, -0.05) is 12.1 Å². The maximum atomic E-state index is 12.0. The van der Waals surface area contributed by atoms with E-state index in [-0.39, 0.29) is 18.2 Å². The van der Waals surface area contributed by atoms with Crippen LogP contribution in [0.25, 0.3) is 0 Å². The van der Waals surface area contributed by atoms with Crippen LogP contribution in [0.1, 0.15) is 18.4 Å². The van der Waals surface area contributed by atoms with Crippen LogP contribution in [0, 0.1) is 10.1 Å². The van der Waals surface area contributed by atoms with E-state index < -0.39 is 16.9 Å². The molecule has 106 valence electrons. The number of amides is 2. The number of nitrogens with one attached hydrogen (secondary N) is 1. The van der Waals surface area contributed by atoms with E-state index in [2.05, 4.69) is 5.43 Å². The van der Waals surface area contributed by atoms with Gasteiger partial charge in [0.1, 0.15) is 6.61 Å². The number of nitro benzene ring substituents is 1. The van der Waals surface area contributed by atoms with Crippen LogP contribution >= 0.6 is 0 Å². The van der Waals surface area contributed by atoms with Gasteiger partial charge in [-0.2, -0.15) is 0 Å². The van der Waals surface area contributed by atoms with Gasteiger partial charge in [-0.15, -0.1) is 0 Å². The molecule has 8 heteroatoms. The Hall–Kier alpha value is -2.64. The third kappa shape index (κ3) is 2.85. The van der Waals surface area contributed by atoms with Crippen molar-refractivity contribution in [2.45, 2.75) is 12.8 Å². The largest absolute Gasteiger partial charge is 0.446 e. The van der Waals surface area contributed by atoms with E-state index in [1.165, 1.54) is 24.3 Å². The second-order valence-corrected chi connectivity index (χ2v) is 4.31. The van der Waals surface area contributed by atoms with E-state index in [9.17, 15) is 19.7 Å². The molecule has 1 fully saturated rings. The number of benzene rings is 1. The molecule has 0 aliphatic carbocycles. The fourth-order valence-electron chi connectivity index (χ4n) is 1.76. The second-order valence-electron chi connectivity index (χ2n) is 4.31. The Balaban J connectivity index is 2.02. The summed E-state index contributed by atoms with van der Waals surface area (Å²) in [5, 5.41) is 11.7. The van der Waals surface area contributed by atoms with Gasteiger partial charge in [-0.05, 0) is 12.5 Å². The number of nitro groups is 1. The van der Waals surface area contributed by atoms with Gasteiger partial charge < -0.3 is 4.74 Å². The summed E-state index contributed by atoms with van der Waals surface area (Å²) in [4.78, 5) is 33.2. The molecule has 1 aromatic rings. The van der Waals surface area contributed by atoms with E-state index in [4.69, 9.17) is 4.74 Å². The molecule has 0 saturated carbocycles. The van der Waals surface area contributed by atoms with Gasteiger partial charge in [0.2, 0.25) is 5.91 Å². The van der Waals surface area contributed by atoms with Gasteiger partial charge in [0.25, 0.3) is 5.69 Å². The van der Waals surface area contributed by atoms with Crippen molar-refractivity contribution in [3.8, 4) is 0 Å². The molecule has 1 unspecified atom stereocenters. The summed E-state index contributed by atoms with van der Waals surface area (Å²) in [5.41, 5.74) is 3.04. The number of non-ortho nitro benzene ring substituents is 1. The lowest BCUT2D eigenvalue weighted by Gasteiger charge is -2.17. The number of cyclic esters (lactones) is 1. The van der Waals surface area contributed by atoms with Crippen molar-refractivity contribution in [1.29, 1.82) is 0 Å². The van der Waals surface area contributed by atoms with Crippen molar-refractivity contribution in [2.24, 2.45) is 0 Å². The highest BCUT2D eigenvalue weighted by molar-refractivity contribution is 5.85. The van der Waals surface area contributed by atoms with Gasteiger partial charge in [0.15, 0.2) is 0 Å². The summed E-state index contributed by atoms with van der Waals surface area (Å²) in [6, 6.07) is 5.71. The molecule has 1 aliphatic rings. The summed E-state index contributed by atoms with van der Waals surface area (Å²) in [5.74, 6) is -0.915. The van der Waals surface area contributed by atoms with Crippen LogP contribution in [-0.4, -0.2) is 35.1 Å². The minimum absolute atomic E-state index is 0.0375. The Labute approximate surface area is 114 Å². The number of rotatable bonds is 4. The first-order valence-corrected chi connectivity index (χ1v) is 5.98. The van der Waals surface area contributed by atoms with Crippen LogP contribution in [0.15, 0.2) is 24.3 Å². The fraction of sp³-hybridized carbons (Fsp3) is 0.333. The number of hydrazine groups is 1. The standard InChI is InChI=1S/C12H13N3O5/c1-8(9-2-4-10(5-3-9)15(18)19)11(16)13-14-6-7-20-12(14)17/h2-5,8H,6-7H2,1H3,(H,13,16). The molecule has 1 aliphatic heterocycles. The average molecular weight is 279 g/mol. The smallest absolute Gasteiger partial charge is 0.428 e. The predicted molar refractivity (Wildman–Crippen MR) is 67.7 cm³/mol. The molecule has 0 spiro atoms. The number of ether oxygens (including phenoxy) is 1. The Morgan fingerprint density at radius 2 is 2.10 bits per heavy atom. The van der Waals surface area contributed by atoms with E-state index in [1.54, 1.807) is 6.92 Å². The van der Waals surface area contributed by atoms with Gasteiger partial charge in [-0.3, -0.25) is 20.3 Å². The molecule has 1 heterocycles. The van der Waals surface area contributed by atoms with Gasteiger partial charge in [0, 0.05) is 12.1 Å². The lowest BCUT2D eigenvalue weighted by molar-refractivity contribution is -0.384. The minimum atomic E-state index is -0.589. The number of nitrogens with zero attached hydrogens (tertiary/aromatic N) is 2. The zero-order chi connectivity index (χ0) is 14.7. The molecule has 2 rings (SSSR count). The van der Waals surface area contributed by atoms with Crippen molar-refractivity contribution in [1.82, 2.24) is 10.4 Å². The first-order chi connectivity index (χ1) is 9.49. The number of carbonyl (C=O) groups is 2. The topological polar surface area (TPSA) is 102 Å². The highest BCUT2D eigenvalue weighted by Crippen LogP contribution is 2.19. The molecule has 2 amide bonds. The van der Waals surface area contributed by atoms with Crippen molar-refractivity contribution < 1.29 is 19.2 Å². The molecule has 0 radical (unpaired) electrons. The SMILES string of the molecule is CC(C(=O)NN1CCOC1=O)c1ccc([N+](=O)[O-])cc1. The fourth-order valence-corrected chi connectivity index (χ4v) is 1.76. The highest BCUT2D eigenvalue weighted by Gasteiger charge is 2.26. The van der Waals surface area contributed by atoms with Crippen LogP contribution in [0.2, 0.25) is 0 Å². The Kier molecular flexibility index (Phi) is 3.83. The Bertz CT molecular complexity index is 543. The van der Waals surface area contributed by atoms with Crippen molar-refractivity contribution in [3.05, 3.63) is 39.9 Å². The van der Waals surface area contributed by atoms with E-state index in [1.807, 2.05) is 0 Å². The summed E-state index contributed by atoms with van der Waals surface area (Å²) in [6.45, 7) is 2.19. The molecule has 1 saturated heterocycles. The number of hydrogen-bond donors (Lipinski definition) is 1. The normalized spacial score (nSPS) is 15.7. The third-order valence-corrected chi connectivity index (χ3v) is 3.00. The zero-order valence-corrected chi connectivity index (χ0v) is 10.7. The van der Waals surface area contributed by atoms with Crippen LogP contribution in [0.4, 0.5) is 10.5 Å². The molecule has 20 heavy (non-hydrogen) atoms. The zero-order valence-electron chi connectivity index (χ0n) is 10.7. The first kappa shape index (κ1) is 13.8. The van der Waals surface area contributed by atoms with Crippen LogP contribution in [-0.2, 0) is 9.53 Å². The summed E-state index contributed by atoms with van der Waals surface area (Å²) >= 11 is 0. The lowest BCUT2D eigenvalue weighted by atomic mass is 10.0. The monoisotopic (exact) mass is 279 g/mol. The number of carbonyl (C=O) groups excluding carboxylic acids is 2. The van der Waals surface area contributed by atoms with Gasteiger partial charge in [-0.25, -0.2) is 9.80 Å². The maximum Gasteiger partial charge on any atom is 0.428 e. The van der Waals surface area contributed by atoms with Crippen LogP contribution in [0.3, 0.4) is 0 Å². The van der Waals surface area contributed by atoms with Gasteiger partial charge in [0.05, 0.1) is 17.4 Å². The molecular weight excluding hydrogens is 266 g/mol. The molecule has 0 aromatic heterocycles. The van der Waals surface area contributed by atoms with Crippen molar-refractivity contribution in [2.75, 3.05) is 13.2 Å². The van der Waals surface area contributed by atoms with E-state index >= 15 is 0 Å². The van der Waals surface area contributed by atoms with E-state index in [0.29, 0.717) is 12.1 Å². The molecular formula is C12H13N3O5. The molecule has 8 nitrogen and oxygen atoms in total. The summed E-state index contributed by atoms with van der Waals surface area (Å²) < 4.78 is 4.69. The molecule has 1 aromatic carbocycles. The minimum Gasteiger partial charge on any atom is -0.446 e. The maximum absolute atomic E-state index is 12.0. The Morgan fingerprint density at radius 1 is 1.45 bits per heavy atom. The summed E-state index contributed by atoms with van der Waals surface area (Å²) in [6.07, 6.45) is -0.589. The van der Waals surface area contributed by atoms with Crippen molar-refractivity contribution >= 4 is 17.7 Å². The average Bonchev–Trinajstić information content (AvgIpc) is 2.83. The first-order valence-electron chi connectivity index (χ1n) is 5.98. The molecule has 0 bridgehead atoms. The second kappa shape index (κ2) is 5.55. The molecule has 1 atom stereocenters. The van der Waals surface area contributed by atoms with Crippen molar-refractivity contribution in [3.63, 3.8) is 0 Å². The number of hydrogen-bond acceptors (Lipinski definition) is 5. The van der Waals surface area contributed by atoms with E-state index in [0.717, 1.165) is 5.01 Å². The summed E-state index contributed by atoms with van der Waals surface area (Å²) in [7, 11) is 0. The highest BCUT2D eigenvalue weighted by atomic mass is 16.6. The van der Waals surface area contributed by atoms with Crippen LogP contribution in [0.5, 0.6) is 0 Å². The van der Waals surface area contributed by atoms with Gasteiger partial charge >= 0.3 is 6.09 Å². The Morgan fingerprint density at radius 3 is 2.60 bits per heavy atom. The quantitative estimate of drug-likeness (QED) is 0.658. The van der Waals surface area contributed by atoms with Crippen LogP contribution < -0.4 is 5.43 Å².